The van der Waals surface area contributed by atoms with Crippen LogP contribution in [0.15, 0.2) is 53.5 Å². The molecule has 5 aromatic rings. The van der Waals surface area contributed by atoms with E-state index >= 15 is 0 Å². The van der Waals surface area contributed by atoms with E-state index < -0.39 is 53.1 Å². The van der Waals surface area contributed by atoms with Gasteiger partial charge >= 0.3 is 46.9 Å². The number of aliphatic hydroxyl groups excluding tert-OH is 2. The van der Waals surface area contributed by atoms with Crippen molar-refractivity contribution in [1.29, 1.82) is 0 Å². The maximum absolute atomic E-state index is 13.7. The Morgan fingerprint density at radius 2 is 1.59 bits per heavy atom. The molecule has 54 heavy (non-hydrogen) atoms. The summed E-state index contributed by atoms with van der Waals surface area (Å²) >= 11 is -0.472. The molecule has 15 nitrogen and oxygen atoms in total. The predicted octanol–water partition coefficient (Wildman–Crippen LogP) is 5.97. The van der Waals surface area contributed by atoms with Gasteiger partial charge in [0.05, 0.1) is 23.7 Å². The van der Waals surface area contributed by atoms with Gasteiger partial charge in [0.1, 0.15) is 29.1 Å². The zero-order valence-corrected chi connectivity index (χ0v) is 34.2. The Balaban J connectivity index is 0.000000375. The monoisotopic (exact) mass is 982 g/mol. The van der Waals surface area contributed by atoms with Crippen molar-refractivity contribution in [3.8, 4) is 22.6 Å². The van der Waals surface area contributed by atoms with Crippen LogP contribution in [0.5, 0.6) is 0 Å². The van der Waals surface area contributed by atoms with E-state index in [4.69, 9.17) is 50.1 Å². The Morgan fingerprint density at radius 1 is 0.981 bits per heavy atom. The van der Waals surface area contributed by atoms with Crippen LogP contribution >= 0.6 is 18.8 Å². The molecule has 1 aromatic carbocycles. The number of pyridine rings is 1. The van der Waals surface area contributed by atoms with Gasteiger partial charge in [-0.2, -0.15) is 13.8 Å². The molecule has 0 amide bonds. The number of nitrogens with two attached hydrogens (primary N) is 2. The maximum atomic E-state index is 13.7. The first-order valence-electron chi connectivity index (χ1n) is 15.7. The number of ether oxygens (including phenoxy) is 1. The van der Waals surface area contributed by atoms with E-state index in [0.717, 1.165) is 51.9 Å². The summed E-state index contributed by atoms with van der Waals surface area (Å²) in [4.78, 5) is 32.4. The molecule has 0 unspecified atom stereocenters. The third-order valence-corrected chi connectivity index (χ3v) is 7.71. The molecule has 4 aromatic heterocycles. The molecule has 5 heterocycles. The average molecular weight is 984 g/mol. The number of aromatic nitrogens is 7. The Hall–Kier alpha value is -3.61. The standard InChI is InChI=1S/C24H29FN6.C9H11F2N3O4.2ClH.2H3N.Pt/c1-23(2,3)13-31-20-17(28-22(31)26)12-11-16(27-20)19-18(14-7-9-15(25)10-8-14)29-21(30-19)24(4,5)6;10-9(11)6(16)4(3-15)18-7(9)14-2-1-5(12)13-8(14)17;;;;;/h7-12H,13H2,1-6H3,(H2,26,28)(H,29,30);1-2,4,6-7,15-16H,3H2,(H2,12,13,17);2*1H;2*1H3;/q;;;;;;+2/p-2/t;4-,6-,7-;;;;;/m.1...../s1. The summed E-state index contributed by atoms with van der Waals surface area (Å²) in [7, 11) is 9.75. The normalized spacial score (nSPS) is 17.8. The zero-order valence-electron chi connectivity index (χ0n) is 30.4. The number of imidazole rings is 2. The molecular weight excluding hydrogens is 937 g/mol. The fourth-order valence-corrected chi connectivity index (χ4v) is 5.24. The average Bonchev–Trinajstić information content (AvgIpc) is 3.70. The van der Waals surface area contributed by atoms with Crippen LogP contribution in [0, 0.1) is 11.2 Å². The first-order valence-corrected chi connectivity index (χ1v) is 21.3. The molecule has 302 valence electrons. The quantitative estimate of drug-likeness (QED) is 0.108. The van der Waals surface area contributed by atoms with Gasteiger partial charge in [-0.15, -0.1) is 0 Å². The number of nitrogens with zero attached hydrogens (tertiary/aromatic N) is 6. The third-order valence-electron chi connectivity index (χ3n) is 7.71. The van der Waals surface area contributed by atoms with E-state index in [1.807, 2.05) is 16.7 Å². The second-order valence-electron chi connectivity index (χ2n) is 14.1. The van der Waals surface area contributed by atoms with Crippen molar-refractivity contribution in [2.24, 2.45) is 5.41 Å². The second-order valence-corrected chi connectivity index (χ2v) is 17.4. The molecule has 0 saturated carbocycles. The second kappa shape index (κ2) is 18.3. The summed E-state index contributed by atoms with van der Waals surface area (Å²) in [5.74, 6) is -2.82. The molecular formula is C33H46Cl2F3N11O4Pt. The molecule has 1 aliphatic rings. The van der Waals surface area contributed by atoms with Gasteiger partial charge in [0.2, 0.25) is 12.2 Å². The van der Waals surface area contributed by atoms with E-state index in [0.29, 0.717) is 17.1 Å². The molecule has 1 aliphatic heterocycles. The molecule has 0 aliphatic carbocycles. The number of aromatic amines is 1. The van der Waals surface area contributed by atoms with Crippen LogP contribution < -0.4 is 29.5 Å². The molecule has 21 heteroatoms. The van der Waals surface area contributed by atoms with Crippen LogP contribution in [0.2, 0.25) is 0 Å². The van der Waals surface area contributed by atoms with E-state index in [-0.39, 0.29) is 34.8 Å². The van der Waals surface area contributed by atoms with Crippen molar-refractivity contribution >= 4 is 41.8 Å². The number of alkyl halides is 2. The van der Waals surface area contributed by atoms with Gasteiger partial charge in [0.25, 0.3) is 0 Å². The van der Waals surface area contributed by atoms with Gasteiger partial charge in [-0.3, -0.25) is 9.13 Å². The van der Waals surface area contributed by atoms with E-state index in [1.165, 1.54) is 12.1 Å². The minimum atomic E-state index is -3.71. The van der Waals surface area contributed by atoms with Crippen molar-refractivity contribution in [2.75, 3.05) is 18.1 Å². The molecule has 0 radical (unpaired) electrons. The number of hydrogen-bond acceptors (Lipinski definition) is 12. The summed E-state index contributed by atoms with van der Waals surface area (Å²) in [5, 5.41) is 18.1. The minimum absolute atomic E-state index is 0. The number of aliphatic hydroxyl groups is 2. The van der Waals surface area contributed by atoms with Crippen molar-refractivity contribution in [1.82, 2.24) is 46.4 Å². The number of rotatable bonds is 5. The molecule has 13 N–H and O–H groups in total. The van der Waals surface area contributed by atoms with Crippen molar-refractivity contribution < 1.29 is 44.6 Å². The Morgan fingerprint density at radius 3 is 2.11 bits per heavy atom. The molecule has 0 spiro atoms. The topological polar surface area (TPSA) is 266 Å². The fourth-order valence-electron chi connectivity index (χ4n) is 5.24. The first kappa shape index (κ1) is 46.5. The van der Waals surface area contributed by atoms with Crippen LogP contribution in [0.25, 0.3) is 33.8 Å². The van der Waals surface area contributed by atoms with E-state index in [9.17, 15) is 23.1 Å². The number of benzene rings is 1. The number of halogens is 5. The number of H-pyrrole nitrogens is 1. The van der Waals surface area contributed by atoms with Gasteiger partial charge in [-0.05, 0) is 47.9 Å². The Labute approximate surface area is 326 Å². The molecule has 3 atom stereocenters. The number of fused-ring (bicyclic) bond motifs is 1. The van der Waals surface area contributed by atoms with E-state index in [1.54, 1.807) is 12.1 Å². The van der Waals surface area contributed by atoms with Crippen LogP contribution in [0.1, 0.15) is 53.6 Å². The molecule has 1 saturated heterocycles. The van der Waals surface area contributed by atoms with E-state index in [2.05, 4.69) is 56.5 Å². The summed E-state index contributed by atoms with van der Waals surface area (Å²) in [6.07, 6.45) is -4.69. The number of nitrogens with one attached hydrogen (secondary N) is 1. The number of nitrogen functional groups attached to an aromatic ring is 2. The van der Waals surface area contributed by atoms with Crippen LogP contribution in [-0.4, -0.2) is 69.0 Å². The van der Waals surface area contributed by atoms with Crippen molar-refractivity contribution in [2.45, 2.75) is 77.9 Å². The fraction of sp³-hybridized carbons (Fsp3) is 0.424. The van der Waals surface area contributed by atoms with Crippen LogP contribution in [0.3, 0.4) is 0 Å². The van der Waals surface area contributed by atoms with Crippen LogP contribution in [0.4, 0.5) is 24.9 Å². The zero-order chi connectivity index (χ0) is 38.8. The van der Waals surface area contributed by atoms with Gasteiger partial charge in [-0.1, -0.05) is 41.5 Å². The van der Waals surface area contributed by atoms with Crippen molar-refractivity contribution in [3.63, 3.8) is 0 Å². The predicted molar refractivity (Wildman–Crippen MR) is 200 cm³/mol. The first-order chi connectivity index (χ1) is 24.2. The Bertz CT molecular complexity index is 2050. The van der Waals surface area contributed by atoms with Crippen molar-refractivity contribution in [3.05, 3.63) is 70.8 Å². The third kappa shape index (κ3) is 10.6. The summed E-state index contributed by atoms with van der Waals surface area (Å²) in [5.41, 5.74) is 14.8. The molecule has 0 bridgehead atoms. The van der Waals surface area contributed by atoms with Gasteiger partial charge < -0.3 is 43.7 Å². The number of hydrogen-bond donors (Lipinski definition) is 7. The Kier molecular flexibility index (Phi) is 15.8. The summed E-state index contributed by atoms with van der Waals surface area (Å²) in [6.45, 7) is 12.7. The number of anilines is 2. The van der Waals surface area contributed by atoms with Gasteiger partial charge in [0, 0.05) is 23.7 Å². The molecule has 6 rings (SSSR count). The van der Waals surface area contributed by atoms with Gasteiger partial charge in [0.15, 0.2) is 11.8 Å². The SMILES string of the molecule is CC(C)(C)Cn1c(N)nc2ccc(-c3[nH]c(C(C)(C)C)nc3-c3ccc(F)cc3)nc21.N.N.Nc1ccn([C@@H]2O[C@H](CO)[C@@H](O)C2(F)F)c(=O)n1.[Cl][Pt][Cl]. The summed E-state index contributed by atoms with van der Waals surface area (Å²) < 4.78 is 48.2. The summed E-state index contributed by atoms with van der Waals surface area (Å²) in [6, 6.07) is 11.4. The van der Waals surface area contributed by atoms with Gasteiger partial charge in [-0.25, -0.2) is 24.1 Å². The molecule has 1 fully saturated rings. The van der Waals surface area contributed by atoms with Crippen LogP contribution in [-0.2, 0) is 33.2 Å².